The zero-order chi connectivity index (χ0) is 30.2. The van der Waals surface area contributed by atoms with E-state index >= 15 is 0 Å². The summed E-state index contributed by atoms with van der Waals surface area (Å²) in [6, 6.07) is 15.1. The van der Waals surface area contributed by atoms with Gasteiger partial charge in [-0.15, -0.1) is 0 Å². The molecule has 1 unspecified atom stereocenters. The summed E-state index contributed by atoms with van der Waals surface area (Å²) in [6.07, 6.45) is 3.28. The highest BCUT2D eigenvalue weighted by Crippen LogP contribution is 2.32. The highest BCUT2D eigenvalue weighted by atomic mass is 35.5. The van der Waals surface area contributed by atoms with Crippen molar-refractivity contribution in [1.82, 2.24) is 24.2 Å². The Hall–Kier alpha value is -4.48. The molecule has 4 heterocycles. The summed E-state index contributed by atoms with van der Waals surface area (Å²) in [7, 11) is 1.70. The summed E-state index contributed by atoms with van der Waals surface area (Å²) in [6.45, 7) is 4.82. The third kappa shape index (κ3) is 5.78. The van der Waals surface area contributed by atoms with Crippen molar-refractivity contribution in [2.75, 3.05) is 10.2 Å². The van der Waals surface area contributed by atoms with Crippen LogP contribution in [0.15, 0.2) is 76.7 Å². The van der Waals surface area contributed by atoms with E-state index in [-0.39, 0.29) is 28.3 Å². The van der Waals surface area contributed by atoms with E-state index in [4.69, 9.17) is 16.6 Å². The Morgan fingerprint density at radius 3 is 2.60 bits per heavy atom. The Kier molecular flexibility index (Phi) is 7.76. The Labute approximate surface area is 256 Å². The number of aryl methyl sites for hydroxylation is 1. The average molecular weight is 616 g/mol. The fraction of sp³-hybridized carbons (Fsp3) is 0.194. The van der Waals surface area contributed by atoms with Crippen molar-refractivity contribution in [1.29, 1.82) is 0 Å². The number of aromatic nitrogens is 4. The van der Waals surface area contributed by atoms with E-state index in [9.17, 15) is 14.0 Å². The minimum atomic E-state index is -0.424. The number of carbonyl (C=O) groups is 1. The lowest BCUT2D eigenvalue weighted by Gasteiger charge is -2.23. The largest absolute Gasteiger partial charge is 0.377 e. The number of fused-ring (bicyclic) bond motifs is 2. The van der Waals surface area contributed by atoms with Crippen LogP contribution in [0, 0.1) is 12.7 Å². The first-order valence-corrected chi connectivity index (χ1v) is 14.7. The number of hydrogen-bond acceptors (Lipinski definition) is 8. The molecule has 0 saturated heterocycles. The quantitative estimate of drug-likeness (QED) is 0.171. The monoisotopic (exact) mass is 615 g/mol. The van der Waals surface area contributed by atoms with Crippen molar-refractivity contribution in [2.45, 2.75) is 37.9 Å². The van der Waals surface area contributed by atoms with Gasteiger partial charge >= 0.3 is 0 Å². The third-order valence-corrected chi connectivity index (χ3v) is 8.34. The van der Waals surface area contributed by atoms with Crippen LogP contribution >= 0.6 is 23.5 Å². The van der Waals surface area contributed by atoms with Crippen LogP contribution in [0.4, 0.5) is 16.0 Å². The van der Waals surface area contributed by atoms with Crippen LogP contribution in [0.1, 0.15) is 45.7 Å². The van der Waals surface area contributed by atoms with E-state index < -0.39 is 5.91 Å². The van der Waals surface area contributed by atoms with E-state index in [0.29, 0.717) is 35.6 Å². The molecule has 0 aliphatic carbocycles. The molecule has 3 aromatic heterocycles. The van der Waals surface area contributed by atoms with Gasteiger partial charge < -0.3 is 10.2 Å². The summed E-state index contributed by atoms with van der Waals surface area (Å²) < 4.78 is 18.2. The second kappa shape index (κ2) is 11.7. The van der Waals surface area contributed by atoms with Crippen LogP contribution < -0.4 is 20.5 Å². The van der Waals surface area contributed by atoms with Gasteiger partial charge in [0.2, 0.25) is 5.95 Å². The lowest BCUT2D eigenvalue weighted by atomic mass is 10.0. The lowest BCUT2D eigenvalue weighted by Crippen LogP contribution is -2.28. The smallest absolute Gasteiger partial charge is 0.282 e. The Morgan fingerprint density at radius 2 is 1.81 bits per heavy atom. The van der Waals surface area contributed by atoms with Gasteiger partial charge in [0.1, 0.15) is 11.0 Å². The maximum atomic E-state index is 13.9. The van der Waals surface area contributed by atoms with Gasteiger partial charge in [-0.1, -0.05) is 23.7 Å². The molecule has 9 nitrogen and oxygen atoms in total. The van der Waals surface area contributed by atoms with Gasteiger partial charge in [0, 0.05) is 43.0 Å². The molecule has 6 rings (SSSR count). The standard InChI is InChI=1S/C31H27ClFN7O2S/c1-17-12-23(18(2)35-25-6-7-26(32)36-28(25)29(41)38-43-22-8-10-34-11-9-22)27-24(13-17)30(42)39(3)31(37-27)40-15-19-4-5-21(33)14-20(19)16-40/h4-14,18,35H,15-16H2,1-3H3,(H,38,41). The van der Waals surface area contributed by atoms with Crippen molar-refractivity contribution in [3.8, 4) is 0 Å². The Balaban J connectivity index is 1.34. The van der Waals surface area contributed by atoms with Crippen molar-refractivity contribution in [2.24, 2.45) is 7.05 Å². The van der Waals surface area contributed by atoms with Crippen molar-refractivity contribution < 1.29 is 9.18 Å². The highest BCUT2D eigenvalue weighted by Gasteiger charge is 2.25. The number of pyridine rings is 2. The van der Waals surface area contributed by atoms with Crippen LogP contribution in [0.2, 0.25) is 5.15 Å². The predicted molar refractivity (Wildman–Crippen MR) is 167 cm³/mol. The molecule has 0 bridgehead atoms. The van der Waals surface area contributed by atoms with E-state index in [0.717, 1.165) is 39.1 Å². The third-order valence-electron chi connectivity index (χ3n) is 7.33. The van der Waals surface area contributed by atoms with Gasteiger partial charge in [0.15, 0.2) is 5.69 Å². The van der Waals surface area contributed by atoms with E-state index in [1.54, 1.807) is 49.8 Å². The second-order valence-electron chi connectivity index (χ2n) is 10.4. The van der Waals surface area contributed by atoms with E-state index in [1.165, 1.54) is 16.7 Å². The molecule has 0 spiro atoms. The van der Waals surface area contributed by atoms with E-state index in [2.05, 4.69) is 20.0 Å². The Bertz CT molecular complexity index is 1940. The molecule has 1 aliphatic heterocycles. The van der Waals surface area contributed by atoms with Crippen LogP contribution in [-0.4, -0.2) is 25.4 Å². The molecule has 2 N–H and O–H groups in total. The van der Waals surface area contributed by atoms with Gasteiger partial charge in [0.05, 0.1) is 22.6 Å². The summed E-state index contributed by atoms with van der Waals surface area (Å²) in [5, 5.41) is 4.06. The zero-order valence-corrected chi connectivity index (χ0v) is 25.1. The summed E-state index contributed by atoms with van der Waals surface area (Å²) in [5.41, 5.74) is 4.52. The van der Waals surface area contributed by atoms with Gasteiger partial charge in [-0.2, -0.15) is 0 Å². The fourth-order valence-corrected chi connectivity index (χ4v) is 5.97. The summed E-state index contributed by atoms with van der Waals surface area (Å²) in [4.78, 5) is 42.8. The van der Waals surface area contributed by atoms with Crippen LogP contribution in [-0.2, 0) is 20.1 Å². The second-order valence-corrected chi connectivity index (χ2v) is 11.7. The average Bonchev–Trinajstić information content (AvgIpc) is 3.42. The van der Waals surface area contributed by atoms with Gasteiger partial charge in [-0.3, -0.25) is 23.9 Å². The molecule has 0 saturated carbocycles. The lowest BCUT2D eigenvalue weighted by molar-refractivity contribution is 0.0980. The maximum Gasteiger partial charge on any atom is 0.282 e. The number of halogens is 2. The zero-order valence-electron chi connectivity index (χ0n) is 23.6. The van der Waals surface area contributed by atoms with Crippen molar-refractivity contribution in [3.63, 3.8) is 0 Å². The molecular weight excluding hydrogens is 589 g/mol. The number of amides is 1. The SMILES string of the molecule is Cc1cc(C(C)Nc2ccc(Cl)nc2C(=O)NSc2ccncc2)c2nc(N3Cc4ccc(F)cc4C3)n(C)c(=O)c2c1. The minimum absolute atomic E-state index is 0.129. The molecule has 2 aromatic carbocycles. The molecule has 43 heavy (non-hydrogen) atoms. The fourth-order valence-electron chi connectivity index (χ4n) is 5.25. The van der Waals surface area contributed by atoms with Crippen LogP contribution in [0.25, 0.3) is 10.9 Å². The van der Waals surface area contributed by atoms with Gasteiger partial charge in [0.25, 0.3) is 11.5 Å². The van der Waals surface area contributed by atoms with Crippen LogP contribution in [0.5, 0.6) is 0 Å². The van der Waals surface area contributed by atoms with E-state index in [1.807, 2.05) is 30.9 Å². The van der Waals surface area contributed by atoms with Crippen LogP contribution in [0.3, 0.4) is 0 Å². The number of hydrogen-bond donors (Lipinski definition) is 2. The molecule has 0 radical (unpaired) electrons. The number of benzene rings is 2. The maximum absolute atomic E-state index is 13.9. The van der Waals surface area contributed by atoms with Gasteiger partial charge in [-0.05, 0) is 85.0 Å². The number of nitrogens with zero attached hydrogens (tertiary/aromatic N) is 5. The number of anilines is 2. The summed E-state index contributed by atoms with van der Waals surface area (Å²) in [5.74, 6) is -0.223. The summed E-state index contributed by atoms with van der Waals surface area (Å²) >= 11 is 7.33. The number of rotatable bonds is 7. The first-order valence-electron chi connectivity index (χ1n) is 13.5. The highest BCUT2D eigenvalue weighted by molar-refractivity contribution is 7.98. The molecule has 0 fully saturated rings. The van der Waals surface area contributed by atoms with Crippen molar-refractivity contribution in [3.05, 3.63) is 116 Å². The molecule has 1 atom stereocenters. The molecule has 12 heteroatoms. The molecule has 1 amide bonds. The van der Waals surface area contributed by atoms with Gasteiger partial charge in [-0.25, -0.2) is 14.4 Å². The normalized spacial score (nSPS) is 13.2. The first-order chi connectivity index (χ1) is 20.7. The molecule has 1 aliphatic rings. The topological polar surface area (TPSA) is 105 Å². The number of carbonyl (C=O) groups excluding carboxylic acids is 1. The van der Waals surface area contributed by atoms with Crippen molar-refractivity contribution >= 4 is 52.0 Å². The Morgan fingerprint density at radius 1 is 1.05 bits per heavy atom. The predicted octanol–water partition coefficient (Wildman–Crippen LogP) is 5.95. The number of nitrogens with one attached hydrogen (secondary N) is 2. The molecule has 218 valence electrons. The minimum Gasteiger partial charge on any atom is -0.377 e. The molecule has 5 aromatic rings. The first kappa shape index (κ1) is 28.6. The molecular formula is C31H27ClFN7O2S.